The lowest BCUT2D eigenvalue weighted by Gasteiger charge is -2.16. The summed E-state index contributed by atoms with van der Waals surface area (Å²) in [5.74, 6) is -7.25. The van der Waals surface area contributed by atoms with E-state index in [1.165, 1.54) is 6.92 Å². The number of hydrogen-bond acceptors (Lipinski definition) is 1. The van der Waals surface area contributed by atoms with Crippen LogP contribution < -0.4 is 10.2 Å². The summed E-state index contributed by atoms with van der Waals surface area (Å²) >= 11 is 0. The van der Waals surface area contributed by atoms with Crippen LogP contribution in [0.3, 0.4) is 0 Å². The van der Waals surface area contributed by atoms with Gasteiger partial charge in [-0.1, -0.05) is 0 Å². The summed E-state index contributed by atoms with van der Waals surface area (Å²) in [6, 6.07) is 1.33. The Morgan fingerprint density at radius 2 is 1.57 bits per heavy atom. The molecule has 2 rings (SSSR count). The number of rotatable bonds is 2. The molecule has 0 aliphatic heterocycles. The predicted octanol–water partition coefficient (Wildman–Crippen LogP) is 3.16. The molecule has 2 radical (unpaired) electrons. The first kappa shape index (κ1) is 15.3. The molecule has 0 aliphatic carbocycles. The lowest BCUT2D eigenvalue weighted by molar-refractivity contribution is 0.381. The molecule has 0 bridgehead atoms. The monoisotopic (exact) mass is 298 g/mol. The van der Waals surface area contributed by atoms with Gasteiger partial charge >= 0.3 is 0 Å². The van der Waals surface area contributed by atoms with Gasteiger partial charge < -0.3 is 4.74 Å². The molecule has 21 heavy (non-hydrogen) atoms. The Balaban J connectivity index is 2.94. The molecular weight excluding hydrogens is 290 g/mol. The van der Waals surface area contributed by atoms with Gasteiger partial charge in [0.1, 0.15) is 19.5 Å². The Morgan fingerprint density at radius 3 is 2.14 bits per heavy atom. The summed E-state index contributed by atoms with van der Waals surface area (Å²) in [6.45, 7) is 1.22. The van der Waals surface area contributed by atoms with E-state index >= 15 is 0 Å². The number of halogens is 5. The smallest absolute Gasteiger partial charge is 0.169 e. The van der Waals surface area contributed by atoms with Gasteiger partial charge in [0.25, 0.3) is 0 Å². The Labute approximate surface area is 118 Å². The lowest BCUT2D eigenvalue weighted by Crippen LogP contribution is -2.19. The molecule has 2 aromatic carbocycles. The van der Waals surface area contributed by atoms with Crippen LogP contribution in [0, 0.1) is 36.0 Å². The maximum Gasteiger partial charge on any atom is 0.169 e. The molecule has 0 aliphatic rings. The van der Waals surface area contributed by atoms with E-state index in [-0.39, 0.29) is 11.1 Å². The van der Waals surface area contributed by atoms with E-state index < -0.39 is 45.9 Å². The van der Waals surface area contributed by atoms with Gasteiger partial charge in [-0.05, 0) is 29.6 Å². The zero-order valence-electron chi connectivity index (χ0n) is 11.0. The Bertz CT molecular complexity index is 730. The molecule has 0 saturated carbocycles. The van der Waals surface area contributed by atoms with Crippen LogP contribution in [0.5, 0.6) is 5.75 Å². The second-order valence-corrected chi connectivity index (χ2v) is 4.32. The van der Waals surface area contributed by atoms with E-state index in [0.29, 0.717) is 6.07 Å². The maximum absolute atomic E-state index is 14.1. The predicted molar refractivity (Wildman–Crippen MR) is 68.3 cm³/mol. The van der Waals surface area contributed by atoms with Crippen molar-refractivity contribution in [1.82, 2.24) is 0 Å². The van der Waals surface area contributed by atoms with Crippen molar-refractivity contribution in [2.45, 2.75) is 6.92 Å². The SMILES string of the molecule is [B]c1c(F)c(F)c(-c2cc(F)cc(F)c2C)c(OC)c1F. The van der Waals surface area contributed by atoms with Gasteiger partial charge in [-0.3, -0.25) is 0 Å². The van der Waals surface area contributed by atoms with Gasteiger partial charge in [0.05, 0.1) is 12.7 Å². The molecule has 0 fully saturated rings. The minimum Gasteiger partial charge on any atom is -0.493 e. The van der Waals surface area contributed by atoms with Gasteiger partial charge in [-0.25, -0.2) is 22.0 Å². The molecule has 108 valence electrons. The van der Waals surface area contributed by atoms with E-state index in [1.807, 2.05) is 0 Å². The number of methoxy groups -OCH3 is 1. The molecule has 0 heterocycles. The van der Waals surface area contributed by atoms with Crippen LogP contribution in [0.1, 0.15) is 5.56 Å². The quantitative estimate of drug-likeness (QED) is 0.470. The van der Waals surface area contributed by atoms with Crippen molar-refractivity contribution in [3.8, 4) is 16.9 Å². The third-order valence-corrected chi connectivity index (χ3v) is 3.09. The van der Waals surface area contributed by atoms with Crippen LogP contribution in [0.2, 0.25) is 0 Å². The fourth-order valence-corrected chi connectivity index (χ4v) is 1.99. The summed E-state index contributed by atoms with van der Waals surface area (Å²) in [4.78, 5) is 0. The molecule has 0 N–H and O–H groups in total. The standard InChI is InChI=1S/C14H8BF5O/c1-5-7(3-6(16)4-8(5)17)9-11(18)12(19)10(15)13(20)14(9)21-2/h3-4H,1-2H3. The van der Waals surface area contributed by atoms with Gasteiger partial charge in [-0.2, -0.15) is 0 Å². The molecule has 0 saturated heterocycles. The first-order chi connectivity index (χ1) is 9.79. The normalized spacial score (nSPS) is 10.8. The van der Waals surface area contributed by atoms with Gasteiger partial charge in [-0.15, -0.1) is 0 Å². The summed E-state index contributed by atoms with van der Waals surface area (Å²) < 4.78 is 73.1. The van der Waals surface area contributed by atoms with Gasteiger partial charge in [0.15, 0.2) is 23.2 Å². The zero-order chi connectivity index (χ0) is 15.9. The molecule has 0 aromatic heterocycles. The molecule has 0 atom stereocenters. The second kappa shape index (κ2) is 5.39. The minimum atomic E-state index is -1.65. The summed E-state index contributed by atoms with van der Waals surface area (Å²) in [6.07, 6.45) is 0. The summed E-state index contributed by atoms with van der Waals surface area (Å²) in [5, 5.41) is 0. The van der Waals surface area contributed by atoms with Crippen molar-refractivity contribution in [2.75, 3.05) is 7.11 Å². The maximum atomic E-state index is 14.1. The fourth-order valence-electron chi connectivity index (χ4n) is 1.99. The fraction of sp³-hybridized carbons (Fsp3) is 0.143. The zero-order valence-corrected chi connectivity index (χ0v) is 11.0. The molecule has 1 nitrogen and oxygen atoms in total. The molecular formula is C14H8BF5O. The van der Waals surface area contributed by atoms with Crippen LogP contribution in [0.15, 0.2) is 12.1 Å². The molecule has 0 amide bonds. The van der Waals surface area contributed by atoms with Crippen molar-refractivity contribution in [2.24, 2.45) is 0 Å². The Morgan fingerprint density at radius 1 is 0.952 bits per heavy atom. The highest BCUT2D eigenvalue weighted by Gasteiger charge is 2.26. The van der Waals surface area contributed by atoms with E-state index in [9.17, 15) is 22.0 Å². The Kier molecular flexibility index (Phi) is 3.94. The Hall–Kier alpha value is -2.05. The molecule has 7 heteroatoms. The highest BCUT2D eigenvalue weighted by atomic mass is 19.2. The summed E-state index contributed by atoms with van der Waals surface area (Å²) in [7, 11) is 6.09. The van der Waals surface area contributed by atoms with Gasteiger partial charge in [0, 0.05) is 6.07 Å². The van der Waals surface area contributed by atoms with E-state index in [2.05, 4.69) is 4.74 Å². The van der Waals surface area contributed by atoms with Crippen molar-refractivity contribution >= 4 is 13.3 Å². The van der Waals surface area contributed by atoms with Crippen molar-refractivity contribution in [1.29, 1.82) is 0 Å². The van der Waals surface area contributed by atoms with E-state index in [0.717, 1.165) is 13.2 Å². The number of benzene rings is 2. The highest BCUT2D eigenvalue weighted by Crippen LogP contribution is 2.38. The van der Waals surface area contributed by atoms with Crippen LogP contribution in [0.4, 0.5) is 22.0 Å². The van der Waals surface area contributed by atoms with Crippen molar-refractivity contribution < 1.29 is 26.7 Å². The van der Waals surface area contributed by atoms with Crippen LogP contribution in [-0.2, 0) is 0 Å². The van der Waals surface area contributed by atoms with Crippen molar-refractivity contribution in [3.63, 3.8) is 0 Å². The third kappa shape index (κ3) is 2.37. The van der Waals surface area contributed by atoms with Crippen LogP contribution in [-0.4, -0.2) is 15.0 Å². The lowest BCUT2D eigenvalue weighted by atomic mass is 9.89. The van der Waals surface area contributed by atoms with E-state index in [1.54, 1.807) is 0 Å². The first-order valence-electron chi connectivity index (χ1n) is 5.75. The molecule has 0 unspecified atom stereocenters. The second-order valence-electron chi connectivity index (χ2n) is 4.32. The number of hydrogen-bond donors (Lipinski definition) is 0. The molecule has 2 aromatic rings. The summed E-state index contributed by atoms with van der Waals surface area (Å²) in [5.41, 5.74) is -2.34. The molecule has 0 spiro atoms. The number of ether oxygens (including phenoxy) is 1. The van der Waals surface area contributed by atoms with E-state index in [4.69, 9.17) is 7.85 Å². The minimum absolute atomic E-state index is 0.183. The average Bonchev–Trinajstić information content (AvgIpc) is 2.44. The van der Waals surface area contributed by atoms with Crippen molar-refractivity contribution in [3.05, 3.63) is 46.8 Å². The third-order valence-electron chi connectivity index (χ3n) is 3.09. The highest BCUT2D eigenvalue weighted by molar-refractivity contribution is 6.33. The van der Waals surface area contributed by atoms with Gasteiger partial charge in [0.2, 0.25) is 0 Å². The first-order valence-corrected chi connectivity index (χ1v) is 5.75. The average molecular weight is 298 g/mol. The van der Waals surface area contributed by atoms with Crippen LogP contribution in [0.25, 0.3) is 11.1 Å². The van der Waals surface area contributed by atoms with Crippen LogP contribution >= 0.6 is 0 Å². The topological polar surface area (TPSA) is 9.23 Å². The largest absolute Gasteiger partial charge is 0.493 e.